The Kier molecular flexibility index (Phi) is 6.65. The fourth-order valence-corrected chi connectivity index (χ4v) is 3.70. The van der Waals surface area contributed by atoms with E-state index in [1.54, 1.807) is 4.90 Å². The zero-order chi connectivity index (χ0) is 20.1. The molecule has 28 heavy (non-hydrogen) atoms. The third-order valence-electron chi connectivity index (χ3n) is 5.41. The van der Waals surface area contributed by atoms with E-state index < -0.39 is 5.97 Å². The van der Waals surface area contributed by atoms with E-state index in [0.717, 1.165) is 19.6 Å². The van der Waals surface area contributed by atoms with Gasteiger partial charge in [0, 0.05) is 38.8 Å². The molecule has 0 saturated carbocycles. The molecule has 1 heterocycles. The Labute approximate surface area is 166 Å². The summed E-state index contributed by atoms with van der Waals surface area (Å²) in [6.07, 6.45) is 0. The highest BCUT2D eigenvalue weighted by Crippen LogP contribution is 2.20. The van der Waals surface area contributed by atoms with Crippen molar-refractivity contribution < 1.29 is 14.7 Å². The molecule has 1 fully saturated rings. The van der Waals surface area contributed by atoms with Crippen molar-refractivity contribution >= 4 is 22.6 Å². The van der Waals surface area contributed by atoms with Gasteiger partial charge in [-0.1, -0.05) is 42.5 Å². The average Bonchev–Trinajstić information content (AvgIpc) is 2.68. The van der Waals surface area contributed by atoms with Crippen molar-refractivity contribution in [2.45, 2.75) is 26.4 Å². The number of rotatable bonds is 7. The average molecular weight is 383 g/mol. The summed E-state index contributed by atoms with van der Waals surface area (Å²) in [6.45, 7) is 7.78. The molecule has 0 atom stereocenters. The van der Waals surface area contributed by atoms with Gasteiger partial charge in [-0.15, -0.1) is 0 Å². The number of carboxylic acid groups (broad SMARTS) is 1. The number of hydrogen-bond acceptors (Lipinski definition) is 4. The number of amides is 1. The normalized spacial score (nSPS) is 15.5. The van der Waals surface area contributed by atoms with Crippen LogP contribution in [0.5, 0.6) is 0 Å². The van der Waals surface area contributed by atoms with Gasteiger partial charge in [-0.2, -0.15) is 0 Å². The zero-order valence-corrected chi connectivity index (χ0v) is 16.7. The second kappa shape index (κ2) is 9.17. The number of carbonyl (C=O) groups excluding carboxylic acids is 1. The molecule has 6 heteroatoms. The molecule has 2 aromatic carbocycles. The molecule has 6 nitrogen and oxygen atoms in total. The molecule has 2 aromatic rings. The molecule has 1 aliphatic rings. The van der Waals surface area contributed by atoms with Crippen LogP contribution >= 0.6 is 0 Å². The zero-order valence-electron chi connectivity index (χ0n) is 16.7. The number of aliphatic carboxylic acids is 1. The Balaban J connectivity index is 1.55. The molecule has 1 aliphatic heterocycles. The number of piperazine rings is 1. The molecular weight excluding hydrogens is 354 g/mol. The lowest BCUT2D eigenvalue weighted by Gasteiger charge is -2.36. The smallest absolute Gasteiger partial charge is 0.317 e. The topological polar surface area (TPSA) is 64.1 Å². The van der Waals surface area contributed by atoms with Gasteiger partial charge < -0.3 is 10.0 Å². The standard InChI is InChI=1S/C22H29N3O3/c1-17(2)25(16-22(27)28)15-21(26)24-12-10-23(11-13-24)14-19-8-5-7-18-6-3-4-9-20(18)19/h3-9,17H,10-16H2,1-2H3,(H,27,28). The molecule has 1 amide bonds. The van der Waals surface area contributed by atoms with Gasteiger partial charge in [0.1, 0.15) is 0 Å². The Morgan fingerprint density at radius 2 is 1.68 bits per heavy atom. The van der Waals surface area contributed by atoms with Crippen LogP contribution < -0.4 is 0 Å². The quantitative estimate of drug-likeness (QED) is 0.795. The summed E-state index contributed by atoms with van der Waals surface area (Å²) in [5, 5.41) is 11.6. The van der Waals surface area contributed by atoms with Gasteiger partial charge >= 0.3 is 5.97 Å². The third-order valence-corrected chi connectivity index (χ3v) is 5.41. The predicted molar refractivity (Wildman–Crippen MR) is 110 cm³/mol. The molecule has 0 aliphatic carbocycles. The van der Waals surface area contributed by atoms with Crippen molar-refractivity contribution in [1.29, 1.82) is 0 Å². The summed E-state index contributed by atoms with van der Waals surface area (Å²) in [7, 11) is 0. The minimum absolute atomic E-state index is 0.0137. The van der Waals surface area contributed by atoms with Crippen molar-refractivity contribution in [2.75, 3.05) is 39.3 Å². The molecule has 150 valence electrons. The highest BCUT2D eigenvalue weighted by Gasteiger charge is 2.24. The van der Waals surface area contributed by atoms with Crippen LogP contribution in [0.2, 0.25) is 0 Å². The first kappa shape index (κ1) is 20.3. The maximum Gasteiger partial charge on any atom is 0.317 e. The fourth-order valence-electron chi connectivity index (χ4n) is 3.70. The number of carboxylic acids is 1. The van der Waals surface area contributed by atoms with Crippen LogP contribution in [-0.4, -0.2) is 77.0 Å². The van der Waals surface area contributed by atoms with Crippen LogP contribution in [0.25, 0.3) is 10.8 Å². The number of nitrogens with zero attached hydrogens (tertiary/aromatic N) is 3. The van der Waals surface area contributed by atoms with Gasteiger partial charge in [-0.05, 0) is 30.2 Å². The van der Waals surface area contributed by atoms with E-state index in [-0.39, 0.29) is 25.0 Å². The van der Waals surface area contributed by atoms with Crippen LogP contribution in [0.3, 0.4) is 0 Å². The maximum absolute atomic E-state index is 12.6. The van der Waals surface area contributed by atoms with E-state index in [2.05, 4.69) is 47.4 Å². The molecule has 0 spiro atoms. The minimum atomic E-state index is -0.901. The van der Waals surface area contributed by atoms with Crippen molar-refractivity contribution in [3.05, 3.63) is 48.0 Å². The maximum atomic E-state index is 12.6. The number of fused-ring (bicyclic) bond motifs is 1. The molecule has 0 unspecified atom stereocenters. The van der Waals surface area contributed by atoms with Crippen molar-refractivity contribution in [3.8, 4) is 0 Å². The Hall–Kier alpha value is -2.44. The van der Waals surface area contributed by atoms with Gasteiger partial charge in [0.2, 0.25) is 5.91 Å². The molecule has 3 rings (SSSR count). The van der Waals surface area contributed by atoms with Crippen LogP contribution in [-0.2, 0) is 16.1 Å². The van der Waals surface area contributed by atoms with Gasteiger partial charge in [-0.25, -0.2) is 0 Å². The summed E-state index contributed by atoms with van der Waals surface area (Å²) in [4.78, 5) is 29.6. The molecule has 1 saturated heterocycles. The number of benzene rings is 2. The molecule has 1 N–H and O–H groups in total. The SMILES string of the molecule is CC(C)N(CC(=O)O)CC(=O)N1CCN(Cc2cccc3ccccc23)CC1. The minimum Gasteiger partial charge on any atom is -0.480 e. The van der Waals surface area contributed by atoms with Crippen LogP contribution in [0.4, 0.5) is 0 Å². The molecular formula is C22H29N3O3. The first-order chi connectivity index (χ1) is 13.4. The monoisotopic (exact) mass is 383 g/mol. The van der Waals surface area contributed by atoms with Crippen LogP contribution in [0.15, 0.2) is 42.5 Å². The Bertz CT molecular complexity index is 823. The van der Waals surface area contributed by atoms with Gasteiger partial charge in [0.05, 0.1) is 13.1 Å². The number of hydrogen-bond donors (Lipinski definition) is 1. The largest absolute Gasteiger partial charge is 0.480 e. The third kappa shape index (κ3) is 5.09. The van der Waals surface area contributed by atoms with Crippen LogP contribution in [0.1, 0.15) is 19.4 Å². The van der Waals surface area contributed by atoms with Crippen molar-refractivity contribution in [2.24, 2.45) is 0 Å². The van der Waals surface area contributed by atoms with E-state index in [9.17, 15) is 9.59 Å². The molecule has 0 aromatic heterocycles. The lowest BCUT2D eigenvalue weighted by atomic mass is 10.0. The van der Waals surface area contributed by atoms with Gasteiger partial charge in [-0.3, -0.25) is 19.4 Å². The Morgan fingerprint density at radius 1 is 1.00 bits per heavy atom. The summed E-state index contributed by atoms with van der Waals surface area (Å²) in [6, 6.07) is 14.8. The molecule has 0 bridgehead atoms. The summed E-state index contributed by atoms with van der Waals surface area (Å²) in [5.41, 5.74) is 1.31. The molecule has 0 radical (unpaired) electrons. The lowest BCUT2D eigenvalue weighted by Crippen LogP contribution is -2.52. The predicted octanol–water partition coefficient (Wildman–Crippen LogP) is 2.28. The summed E-state index contributed by atoms with van der Waals surface area (Å²) in [5.74, 6) is -0.888. The van der Waals surface area contributed by atoms with Crippen molar-refractivity contribution in [3.63, 3.8) is 0 Å². The highest BCUT2D eigenvalue weighted by molar-refractivity contribution is 5.85. The van der Waals surface area contributed by atoms with Gasteiger partial charge in [0.15, 0.2) is 0 Å². The van der Waals surface area contributed by atoms with E-state index in [4.69, 9.17) is 5.11 Å². The van der Waals surface area contributed by atoms with E-state index in [1.807, 2.05) is 18.7 Å². The first-order valence-corrected chi connectivity index (χ1v) is 9.86. The fraction of sp³-hybridized carbons (Fsp3) is 0.455. The first-order valence-electron chi connectivity index (χ1n) is 9.86. The second-order valence-corrected chi connectivity index (χ2v) is 7.69. The van der Waals surface area contributed by atoms with Crippen LogP contribution in [0, 0.1) is 0 Å². The van der Waals surface area contributed by atoms with Gasteiger partial charge in [0.25, 0.3) is 0 Å². The van der Waals surface area contributed by atoms with E-state index in [1.165, 1.54) is 16.3 Å². The van der Waals surface area contributed by atoms with Crippen molar-refractivity contribution in [1.82, 2.24) is 14.7 Å². The second-order valence-electron chi connectivity index (χ2n) is 7.69. The Morgan fingerprint density at radius 3 is 2.36 bits per heavy atom. The summed E-state index contributed by atoms with van der Waals surface area (Å²) >= 11 is 0. The lowest BCUT2D eigenvalue weighted by molar-refractivity contribution is -0.141. The summed E-state index contributed by atoms with van der Waals surface area (Å²) < 4.78 is 0. The van der Waals surface area contributed by atoms with E-state index >= 15 is 0 Å². The highest BCUT2D eigenvalue weighted by atomic mass is 16.4. The van der Waals surface area contributed by atoms with E-state index in [0.29, 0.717) is 13.1 Å². The number of carbonyl (C=O) groups is 2.